The van der Waals surface area contributed by atoms with Crippen molar-refractivity contribution >= 4 is 5.97 Å². The number of rotatable bonds is 5. The van der Waals surface area contributed by atoms with E-state index in [0.717, 1.165) is 5.56 Å². The standard InChI is InChI=1S/C11H18N2O2/c1-7(2)9(11(14)15)10(12-3)8-4-5-13-6-8/h4-7,9-10,12-13H,1-3H3,(H,14,15). The zero-order valence-corrected chi connectivity index (χ0v) is 9.32. The van der Waals surface area contributed by atoms with E-state index in [9.17, 15) is 9.90 Å². The molecule has 0 spiro atoms. The molecular weight excluding hydrogens is 192 g/mol. The number of aliphatic carboxylic acids is 1. The third-order valence-electron chi connectivity index (χ3n) is 2.65. The normalized spacial score (nSPS) is 15.2. The molecule has 0 amide bonds. The van der Waals surface area contributed by atoms with Crippen molar-refractivity contribution in [3.8, 4) is 0 Å². The maximum absolute atomic E-state index is 11.2. The van der Waals surface area contributed by atoms with E-state index in [4.69, 9.17) is 0 Å². The molecule has 0 saturated carbocycles. The molecule has 3 N–H and O–H groups in total. The first-order valence-corrected chi connectivity index (χ1v) is 5.10. The first kappa shape index (κ1) is 11.8. The molecule has 84 valence electrons. The number of carbonyl (C=O) groups is 1. The topological polar surface area (TPSA) is 65.1 Å². The van der Waals surface area contributed by atoms with E-state index in [0.29, 0.717) is 0 Å². The van der Waals surface area contributed by atoms with Gasteiger partial charge in [-0.15, -0.1) is 0 Å². The van der Waals surface area contributed by atoms with Gasteiger partial charge in [-0.05, 0) is 24.6 Å². The highest BCUT2D eigenvalue weighted by Crippen LogP contribution is 2.27. The molecule has 2 atom stereocenters. The Kier molecular flexibility index (Phi) is 3.91. The molecule has 4 heteroatoms. The summed E-state index contributed by atoms with van der Waals surface area (Å²) in [6.45, 7) is 3.85. The maximum Gasteiger partial charge on any atom is 0.308 e. The Hall–Kier alpha value is -1.29. The second kappa shape index (κ2) is 4.98. The lowest BCUT2D eigenvalue weighted by molar-refractivity contribution is -0.144. The van der Waals surface area contributed by atoms with Crippen LogP contribution in [-0.2, 0) is 4.79 Å². The number of aromatic nitrogens is 1. The van der Waals surface area contributed by atoms with Crippen LogP contribution in [0.25, 0.3) is 0 Å². The number of H-pyrrole nitrogens is 1. The summed E-state index contributed by atoms with van der Waals surface area (Å²) < 4.78 is 0. The molecule has 0 bridgehead atoms. The van der Waals surface area contributed by atoms with Crippen LogP contribution in [0.5, 0.6) is 0 Å². The predicted octanol–water partition coefficient (Wildman–Crippen LogP) is 1.63. The zero-order valence-electron chi connectivity index (χ0n) is 9.32. The molecule has 1 aromatic rings. The molecular formula is C11H18N2O2. The summed E-state index contributed by atoms with van der Waals surface area (Å²) in [4.78, 5) is 14.1. The SMILES string of the molecule is CNC(c1cc[nH]c1)C(C(=O)O)C(C)C. The van der Waals surface area contributed by atoms with Crippen LogP contribution in [0.3, 0.4) is 0 Å². The fourth-order valence-electron chi connectivity index (χ4n) is 1.90. The third-order valence-corrected chi connectivity index (χ3v) is 2.65. The maximum atomic E-state index is 11.2. The Labute approximate surface area is 89.7 Å². The number of carboxylic acid groups (broad SMARTS) is 1. The molecule has 0 aliphatic heterocycles. The quantitative estimate of drug-likeness (QED) is 0.692. The van der Waals surface area contributed by atoms with E-state index in [-0.39, 0.29) is 12.0 Å². The molecule has 0 radical (unpaired) electrons. The number of aromatic amines is 1. The lowest BCUT2D eigenvalue weighted by Gasteiger charge is -2.25. The Morgan fingerprint density at radius 3 is 2.53 bits per heavy atom. The van der Waals surface area contributed by atoms with Crippen LogP contribution in [0.2, 0.25) is 0 Å². The van der Waals surface area contributed by atoms with Crippen molar-refractivity contribution in [2.24, 2.45) is 11.8 Å². The van der Waals surface area contributed by atoms with Gasteiger partial charge < -0.3 is 15.4 Å². The molecule has 4 nitrogen and oxygen atoms in total. The van der Waals surface area contributed by atoms with E-state index in [2.05, 4.69) is 10.3 Å². The summed E-state index contributed by atoms with van der Waals surface area (Å²) in [5.41, 5.74) is 0.985. The summed E-state index contributed by atoms with van der Waals surface area (Å²) in [6, 6.07) is 1.76. The number of hydrogen-bond acceptors (Lipinski definition) is 2. The van der Waals surface area contributed by atoms with Crippen molar-refractivity contribution in [2.75, 3.05) is 7.05 Å². The lowest BCUT2D eigenvalue weighted by Crippen LogP contribution is -2.34. The average Bonchev–Trinajstić information content (AvgIpc) is 2.64. The van der Waals surface area contributed by atoms with Gasteiger partial charge in [-0.2, -0.15) is 0 Å². The van der Waals surface area contributed by atoms with E-state index >= 15 is 0 Å². The van der Waals surface area contributed by atoms with Gasteiger partial charge in [-0.3, -0.25) is 4.79 Å². The van der Waals surface area contributed by atoms with Gasteiger partial charge in [-0.25, -0.2) is 0 Å². The second-order valence-electron chi connectivity index (χ2n) is 4.02. The molecule has 1 heterocycles. The minimum Gasteiger partial charge on any atom is -0.481 e. The van der Waals surface area contributed by atoms with Gasteiger partial charge in [0.05, 0.1) is 5.92 Å². The van der Waals surface area contributed by atoms with Crippen LogP contribution in [0, 0.1) is 11.8 Å². The van der Waals surface area contributed by atoms with E-state index in [1.165, 1.54) is 0 Å². The van der Waals surface area contributed by atoms with Gasteiger partial charge in [0.25, 0.3) is 0 Å². The summed E-state index contributed by atoms with van der Waals surface area (Å²) in [6.07, 6.45) is 3.64. The van der Waals surface area contributed by atoms with Crippen LogP contribution in [0.15, 0.2) is 18.5 Å². The van der Waals surface area contributed by atoms with Crippen molar-refractivity contribution in [1.82, 2.24) is 10.3 Å². The van der Waals surface area contributed by atoms with Gasteiger partial charge in [-0.1, -0.05) is 13.8 Å². The second-order valence-corrected chi connectivity index (χ2v) is 4.02. The molecule has 0 saturated heterocycles. The summed E-state index contributed by atoms with van der Waals surface area (Å²) in [5.74, 6) is -1.08. The smallest absolute Gasteiger partial charge is 0.308 e. The molecule has 0 aromatic carbocycles. The van der Waals surface area contributed by atoms with Crippen molar-refractivity contribution in [1.29, 1.82) is 0 Å². The summed E-state index contributed by atoms with van der Waals surface area (Å²) >= 11 is 0. The van der Waals surface area contributed by atoms with Crippen molar-refractivity contribution < 1.29 is 9.90 Å². The fraction of sp³-hybridized carbons (Fsp3) is 0.545. The molecule has 1 rings (SSSR count). The highest BCUT2D eigenvalue weighted by molar-refractivity contribution is 5.71. The lowest BCUT2D eigenvalue weighted by atomic mass is 9.85. The van der Waals surface area contributed by atoms with Crippen LogP contribution >= 0.6 is 0 Å². The fourth-order valence-corrected chi connectivity index (χ4v) is 1.90. The van der Waals surface area contributed by atoms with Crippen LogP contribution in [0.4, 0.5) is 0 Å². The summed E-state index contributed by atoms with van der Waals surface area (Å²) in [5, 5.41) is 12.3. The number of hydrogen-bond donors (Lipinski definition) is 3. The van der Waals surface area contributed by atoms with Gasteiger partial charge in [0.15, 0.2) is 0 Å². The molecule has 0 fully saturated rings. The van der Waals surface area contributed by atoms with Gasteiger partial charge in [0.1, 0.15) is 0 Å². The number of carboxylic acids is 1. The van der Waals surface area contributed by atoms with Crippen molar-refractivity contribution in [2.45, 2.75) is 19.9 Å². The Morgan fingerprint density at radius 2 is 2.20 bits per heavy atom. The number of nitrogens with one attached hydrogen (secondary N) is 2. The Morgan fingerprint density at radius 1 is 1.53 bits per heavy atom. The molecule has 0 aliphatic rings. The monoisotopic (exact) mass is 210 g/mol. The van der Waals surface area contributed by atoms with E-state index in [1.807, 2.05) is 26.1 Å². The van der Waals surface area contributed by atoms with Crippen LogP contribution in [-0.4, -0.2) is 23.1 Å². The Balaban J connectivity index is 2.94. The van der Waals surface area contributed by atoms with E-state index < -0.39 is 11.9 Å². The largest absolute Gasteiger partial charge is 0.481 e. The van der Waals surface area contributed by atoms with Crippen molar-refractivity contribution in [3.05, 3.63) is 24.0 Å². The van der Waals surface area contributed by atoms with E-state index in [1.54, 1.807) is 13.2 Å². The minimum absolute atomic E-state index is 0.0925. The highest BCUT2D eigenvalue weighted by atomic mass is 16.4. The third kappa shape index (κ3) is 2.59. The van der Waals surface area contributed by atoms with Gasteiger partial charge in [0, 0.05) is 18.4 Å². The van der Waals surface area contributed by atoms with Gasteiger partial charge >= 0.3 is 5.97 Å². The molecule has 2 unspecified atom stereocenters. The molecule has 15 heavy (non-hydrogen) atoms. The Bertz CT molecular complexity index is 306. The first-order chi connectivity index (χ1) is 7.07. The first-order valence-electron chi connectivity index (χ1n) is 5.10. The molecule has 0 aliphatic carbocycles. The zero-order chi connectivity index (χ0) is 11.4. The van der Waals surface area contributed by atoms with Gasteiger partial charge in [0.2, 0.25) is 0 Å². The highest BCUT2D eigenvalue weighted by Gasteiger charge is 2.31. The van der Waals surface area contributed by atoms with Crippen molar-refractivity contribution in [3.63, 3.8) is 0 Å². The predicted molar refractivity (Wildman–Crippen MR) is 58.6 cm³/mol. The van der Waals surface area contributed by atoms with Crippen LogP contribution < -0.4 is 5.32 Å². The molecule has 1 aromatic heterocycles. The minimum atomic E-state index is -0.759. The summed E-state index contributed by atoms with van der Waals surface area (Å²) in [7, 11) is 1.79. The van der Waals surface area contributed by atoms with Crippen LogP contribution in [0.1, 0.15) is 25.5 Å². The average molecular weight is 210 g/mol.